The van der Waals surface area contributed by atoms with Gasteiger partial charge in [0, 0.05) is 12.7 Å². The lowest BCUT2D eigenvalue weighted by Gasteiger charge is -2.18. The summed E-state index contributed by atoms with van der Waals surface area (Å²) < 4.78 is 27.7. The van der Waals surface area contributed by atoms with Crippen LogP contribution in [0.15, 0.2) is 77.8 Å². The summed E-state index contributed by atoms with van der Waals surface area (Å²) >= 11 is 0. The predicted octanol–water partition coefficient (Wildman–Crippen LogP) is 4.77. The van der Waals surface area contributed by atoms with Crippen LogP contribution in [0.2, 0.25) is 0 Å². The third-order valence-electron chi connectivity index (χ3n) is 4.34. The Labute approximate surface area is 160 Å². The van der Waals surface area contributed by atoms with Crippen molar-refractivity contribution in [1.82, 2.24) is 4.98 Å². The Morgan fingerprint density at radius 1 is 0.926 bits per heavy atom. The summed E-state index contributed by atoms with van der Waals surface area (Å²) in [7, 11) is -1.73. The lowest BCUT2D eigenvalue weighted by Crippen LogP contribution is -2.14. The van der Waals surface area contributed by atoms with Gasteiger partial charge in [0.1, 0.15) is 5.82 Å². The molecular weight excluding hydrogens is 358 g/mol. The molecule has 0 aliphatic carbocycles. The summed E-state index contributed by atoms with van der Waals surface area (Å²) in [4.78, 5) is 6.54. The highest BCUT2D eigenvalue weighted by Gasteiger charge is 2.15. The monoisotopic (exact) mass is 381 g/mol. The van der Waals surface area contributed by atoms with E-state index in [2.05, 4.69) is 23.6 Å². The molecule has 0 spiro atoms. The van der Waals surface area contributed by atoms with E-state index in [1.54, 1.807) is 24.3 Å². The first-order chi connectivity index (χ1) is 12.9. The van der Waals surface area contributed by atoms with Crippen molar-refractivity contribution in [3.63, 3.8) is 0 Å². The van der Waals surface area contributed by atoms with Gasteiger partial charge in [0.25, 0.3) is 10.0 Å². The molecule has 2 aromatic carbocycles. The van der Waals surface area contributed by atoms with Crippen LogP contribution in [-0.2, 0) is 10.0 Å². The van der Waals surface area contributed by atoms with Crippen LogP contribution in [0.4, 0.5) is 17.2 Å². The van der Waals surface area contributed by atoms with Crippen LogP contribution >= 0.6 is 0 Å². The summed E-state index contributed by atoms with van der Waals surface area (Å²) in [6.07, 6.45) is 1.52. The Balaban J connectivity index is 1.75. The molecule has 0 aliphatic heterocycles. The largest absolute Gasteiger partial charge is 0.329 e. The third-order valence-corrected chi connectivity index (χ3v) is 5.74. The molecular formula is C21H23N3O2S. The maximum absolute atomic E-state index is 12.6. The molecule has 5 nitrogen and oxygen atoms in total. The van der Waals surface area contributed by atoms with Crippen molar-refractivity contribution in [1.29, 1.82) is 0 Å². The number of benzene rings is 2. The normalized spacial score (nSPS) is 11.4. The number of nitrogens with one attached hydrogen (secondary N) is 1. The Hall–Kier alpha value is -2.86. The molecule has 3 aromatic rings. The van der Waals surface area contributed by atoms with Crippen molar-refractivity contribution < 1.29 is 8.42 Å². The molecule has 0 fully saturated rings. The average molecular weight is 382 g/mol. The first-order valence-electron chi connectivity index (χ1n) is 8.74. The van der Waals surface area contributed by atoms with Gasteiger partial charge in [-0.3, -0.25) is 4.72 Å². The van der Waals surface area contributed by atoms with Gasteiger partial charge in [-0.15, -0.1) is 0 Å². The van der Waals surface area contributed by atoms with Gasteiger partial charge >= 0.3 is 0 Å². The maximum atomic E-state index is 12.6. The quantitative estimate of drug-likeness (QED) is 0.668. The van der Waals surface area contributed by atoms with Gasteiger partial charge < -0.3 is 4.90 Å². The van der Waals surface area contributed by atoms with Crippen LogP contribution in [0.3, 0.4) is 0 Å². The fraction of sp³-hybridized carbons (Fsp3) is 0.190. The minimum Gasteiger partial charge on any atom is -0.329 e. The molecule has 6 heteroatoms. The first kappa shape index (κ1) is 18.9. The molecule has 0 amide bonds. The smallest absolute Gasteiger partial charge is 0.261 e. The topological polar surface area (TPSA) is 62.3 Å². The zero-order valence-electron chi connectivity index (χ0n) is 15.6. The minimum atomic E-state index is -3.64. The first-order valence-corrected chi connectivity index (χ1v) is 10.2. The van der Waals surface area contributed by atoms with Crippen molar-refractivity contribution in [3.05, 3.63) is 78.5 Å². The fourth-order valence-corrected chi connectivity index (χ4v) is 3.72. The lowest BCUT2D eigenvalue weighted by molar-refractivity contribution is 0.601. The van der Waals surface area contributed by atoms with E-state index in [0.717, 1.165) is 17.1 Å². The molecule has 1 aromatic heterocycles. The van der Waals surface area contributed by atoms with Crippen LogP contribution in [0.25, 0.3) is 0 Å². The van der Waals surface area contributed by atoms with Crippen LogP contribution in [-0.4, -0.2) is 20.4 Å². The summed E-state index contributed by atoms with van der Waals surface area (Å²) in [6.45, 7) is 4.14. The van der Waals surface area contributed by atoms with E-state index < -0.39 is 10.0 Å². The number of hydrogen-bond donors (Lipinski definition) is 1. The van der Waals surface area contributed by atoms with Gasteiger partial charge in [0.2, 0.25) is 0 Å². The molecule has 1 N–H and O–H groups in total. The molecule has 0 saturated carbocycles. The maximum Gasteiger partial charge on any atom is 0.261 e. The molecule has 27 heavy (non-hydrogen) atoms. The number of anilines is 3. The number of nitrogens with zero attached hydrogens (tertiary/aromatic N) is 2. The zero-order chi connectivity index (χ0) is 19.4. The van der Waals surface area contributed by atoms with E-state index in [1.165, 1.54) is 6.20 Å². The number of pyridine rings is 1. The van der Waals surface area contributed by atoms with Crippen molar-refractivity contribution in [2.45, 2.75) is 24.7 Å². The summed E-state index contributed by atoms with van der Waals surface area (Å²) in [5.41, 5.74) is 2.53. The summed E-state index contributed by atoms with van der Waals surface area (Å²) in [5, 5.41) is 0. The van der Waals surface area contributed by atoms with Crippen molar-refractivity contribution in [3.8, 4) is 0 Å². The van der Waals surface area contributed by atoms with Gasteiger partial charge in [0.05, 0.1) is 16.8 Å². The lowest BCUT2D eigenvalue weighted by atomic mass is 10.0. The number of sulfonamides is 1. The van der Waals surface area contributed by atoms with Crippen LogP contribution in [0.1, 0.15) is 25.3 Å². The van der Waals surface area contributed by atoms with Crippen molar-refractivity contribution in [2.24, 2.45) is 0 Å². The molecule has 0 atom stereocenters. The van der Waals surface area contributed by atoms with Gasteiger partial charge in [-0.05, 0) is 47.9 Å². The second kappa shape index (κ2) is 7.80. The Bertz CT molecular complexity index is 984. The van der Waals surface area contributed by atoms with Crippen molar-refractivity contribution in [2.75, 3.05) is 16.7 Å². The fourth-order valence-electron chi connectivity index (χ4n) is 2.67. The molecule has 0 bridgehead atoms. The van der Waals surface area contributed by atoms with Gasteiger partial charge in [0.15, 0.2) is 0 Å². The molecule has 0 saturated heterocycles. The highest BCUT2D eigenvalue weighted by Crippen LogP contribution is 2.23. The Kier molecular flexibility index (Phi) is 5.46. The third kappa shape index (κ3) is 4.46. The predicted molar refractivity (Wildman–Crippen MR) is 110 cm³/mol. The van der Waals surface area contributed by atoms with E-state index in [1.807, 2.05) is 54.4 Å². The van der Waals surface area contributed by atoms with Gasteiger partial charge in [-0.1, -0.05) is 44.2 Å². The summed E-state index contributed by atoms with van der Waals surface area (Å²) in [5.74, 6) is 1.08. The molecule has 140 valence electrons. The van der Waals surface area contributed by atoms with Gasteiger partial charge in [-0.2, -0.15) is 0 Å². The minimum absolute atomic E-state index is 0.234. The van der Waals surface area contributed by atoms with E-state index in [0.29, 0.717) is 11.6 Å². The summed E-state index contributed by atoms with van der Waals surface area (Å²) in [6, 6.07) is 20.3. The van der Waals surface area contributed by atoms with Crippen LogP contribution in [0, 0.1) is 0 Å². The standard InChI is InChI=1S/C21H23N3O2S/c1-16(2)17-9-12-20(13-10-17)27(25,26)23-18-11-14-21(22-15-18)24(3)19-7-5-4-6-8-19/h4-16,23H,1-3H3. The second-order valence-electron chi connectivity index (χ2n) is 6.63. The van der Waals surface area contributed by atoms with Crippen LogP contribution < -0.4 is 9.62 Å². The van der Waals surface area contributed by atoms with E-state index in [9.17, 15) is 8.42 Å². The van der Waals surface area contributed by atoms with Crippen molar-refractivity contribution >= 4 is 27.2 Å². The Morgan fingerprint density at radius 3 is 2.15 bits per heavy atom. The van der Waals surface area contributed by atoms with E-state index in [-0.39, 0.29) is 4.90 Å². The molecule has 3 rings (SSSR count). The second-order valence-corrected chi connectivity index (χ2v) is 8.31. The number of aromatic nitrogens is 1. The molecule has 0 unspecified atom stereocenters. The van der Waals surface area contributed by atoms with E-state index in [4.69, 9.17) is 0 Å². The zero-order valence-corrected chi connectivity index (χ0v) is 16.4. The number of rotatable bonds is 6. The number of para-hydroxylation sites is 1. The van der Waals surface area contributed by atoms with Crippen LogP contribution in [0.5, 0.6) is 0 Å². The SMILES string of the molecule is CC(C)c1ccc(S(=O)(=O)Nc2ccc(N(C)c3ccccc3)nc2)cc1. The highest BCUT2D eigenvalue weighted by atomic mass is 32.2. The molecule has 1 heterocycles. The molecule has 0 aliphatic rings. The number of hydrogen-bond acceptors (Lipinski definition) is 4. The highest BCUT2D eigenvalue weighted by molar-refractivity contribution is 7.92. The Morgan fingerprint density at radius 2 is 1.59 bits per heavy atom. The average Bonchev–Trinajstić information content (AvgIpc) is 2.68. The molecule has 0 radical (unpaired) electrons. The van der Waals surface area contributed by atoms with E-state index >= 15 is 0 Å². The van der Waals surface area contributed by atoms with Gasteiger partial charge in [-0.25, -0.2) is 13.4 Å².